The minimum atomic E-state index is -0.0721. The lowest BCUT2D eigenvalue weighted by atomic mass is 9.97. The Balaban J connectivity index is 2.03. The van der Waals surface area contributed by atoms with Gasteiger partial charge in [0.1, 0.15) is 0 Å². The van der Waals surface area contributed by atoms with E-state index in [1.165, 1.54) is 38.5 Å². The molecular weight excluding hydrogens is 174 g/mol. The topological polar surface area (TPSA) is 32.3 Å². The maximum Gasteiger partial charge on any atom is 0.0555 e. The number of rotatable bonds is 6. The number of aliphatic hydroxyl groups is 1. The van der Waals surface area contributed by atoms with E-state index in [4.69, 9.17) is 0 Å². The summed E-state index contributed by atoms with van der Waals surface area (Å²) in [6, 6.07) is 0.584. The molecule has 0 aromatic rings. The standard InChI is InChI=1S/C12H25NO/c1-2-3-4-8-12(14)10-11-7-5-6-9-13-11/h11-14H,2-10H2,1H3. The molecule has 0 aromatic heterocycles. The minimum Gasteiger partial charge on any atom is -0.393 e. The fourth-order valence-corrected chi connectivity index (χ4v) is 2.20. The summed E-state index contributed by atoms with van der Waals surface area (Å²) in [5.41, 5.74) is 0. The minimum absolute atomic E-state index is 0.0721. The fraction of sp³-hybridized carbons (Fsp3) is 1.00. The van der Waals surface area contributed by atoms with Gasteiger partial charge >= 0.3 is 0 Å². The van der Waals surface area contributed by atoms with Gasteiger partial charge in [-0.05, 0) is 32.2 Å². The van der Waals surface area contributed by atoms with Gasteiger partial charge in [0.25, 0.3) is 0 Å². The van der Waals surface area contributed by atoms with Crippen molar-refractivity contribution >= 4 is 0 Å². The summed E-state index contributed by atoms with van der Waals surface area (Å²) in [6.07, 6.45) is 9.47. The first kappa shape index (κ1) is 12.0. The lowest BCUT2D eigenvalue weighted by molar-refractivity contribution is 0.131. The number of piperidine rings is 1. The molecule has 0 radical (unpaired) electrons. The third kappa shape index (κ3) is 4.97. The van der Waals surface area contributed by atoms with Crippen LogP contribution >= 0.6 is 0 Å². The number of hydrogen-bond donors (Lipinski definition) is 2. The largest absolute Gasteiger partial charge is 0.393 e. The molecule has 1 heterocycles. The van der Waals surface area contributed by atoms with Gasteiger partial charge in [-0.2, -0.15) is 0 Å². The van der Waals surface area contributed by atoms with E-state index in [1.807, 2.05) is 0 Å². The molecule has 1 fully saturated rings. The van der Waals surface area contributed by atoms with Crippen LogP contribution in [0, 0.1) is 0 Å². The second-order valence-electron chi connectivity index (χ2n) is 4.53. The van der Waals surface area contributed by atoms with Gasteiger partial charge in [-0.15, -0.1) is 0 Å². The number of hydrogen-bond acceptors (Lipinski definition) is 2. The van der Waals surface area contributed by atoms with Gasteiger partial charge in [0.2, 0.25) is 0 Å². The first-order valence-electron chi connectivity index (χ1n) is 6.24. The van der Waals surface area contributed by atoms with Crippen molar-refractivity contribution in [1.29, 1.82) is 0 Å². The molecule has 2 N–H and O–H groups in total. The lowest BCUT2D eigenvalue weighted by Gasteiger charge is -2.25. The highest BCUT2D eigenvalue weighted by Gasteiger charge is 2.16. The van der Waals surface area contributed by atoms with Crippen LogP contribution in [0.5, 0.6) is 0 Å². The molecule has 2 heteroatoms. The Morgan fingerprint density at radius 3 is 2.86 bits per heavy atom. The van der Waals surface area contributed by atoms with Gasteiger partial charge < -0.3 is 10.4 Å². The molecule has 0 bridgehead atoms. The Bertz CT molecular complexity index is 132. The Labute approximate surface area is 88.1 Å². The predicted molar refractivity (Wildman–Crippen MR) is 60.4 cm³/mol. The van der Waals surface area contributed by atoms with Gasteiger partial charge in [0.15, 0.2) is 0 Å². The lowest BCUT2D eigenvalue weighted by Crippen LogP contribution is -2.36. The highest BCUT2D eigenvalue weighted by atomic mass is 16.3. The van der Waals surface area contributed by atoms with Crippen molar-refractivity contribution in [2.75, 3.05) is 6.54 Å². The van der Waals surface area contributed by atoms with Gasteiger partial charge in [0, 0.05) is 6.04 Å². The van der Waals surface area contributed by atoms with E-state index in [0.717, 1.165) is 19.4 Å². The van der Waals surface area contributed by atoms with Crippen LogP contribution in [0.1, 0.15) is 58.3 Å². The third-order valence-electron chi connectivity index (χ3n) is 3.11. The molecule has 0 amide bonds. The Morgan fingerprint density at radius 1 is 1.36 bits per heavy atom. The van der Waals surface area contributed by atoms with Crippen LogP contribution in [0.25, 0.3) is 0 Å². The van der Waals surface area contributed by atoms with Gasteiger partial charge in [-0.25, -0.2) is 0 Å². The smallest absolute Gasteiger partial charge is 0.0555 e. The van der Waals surface area contributed by atoms with Crippen molar-refractivity contribution < 1.29 is 5.11 Å². The summed E-state index contributed by atoms with van der Waals surface area (Å²) >= 11 is 0. The van der Waals surface area contributed by atoms with Crippen LogP contribution in [-0.2, 0) is 0 Å². The van der Waals surface area contributed by atoms with E-state index >= 15 is 0 Å². The molecule has 1 aliphatic heterocycles. The zero-order valence-electron chi connectivity index (χ0n) is 9.47. The second kappa shape index (κ2) is 7.24. The normalized spacial score (nSPS) is 24.9. The van der Waals surface area contributed by atoms with Gasteiger partial charge in [-0.1, -0.05) is 32.6 Å². The molecule has 2 nitrogen and oxygen atoms in total. The third-order valence-corrected chi connectivity index (χ3v) is 3.11. The molecule has 0 spiro atoms. The number of aliphatic hydroxyl groups excluding tert-OH is 1. The summed E-state index contributed by atoms with van der Waals surface area (Å²) in [5.74, 6) is 0. The quantitative estimate of drug-likeness (QED) is 0.644. The summed E-state index contributed by atoms with van der Waals surface area (Å²) in [7, 11) is 0. The number of nitrogens with one attached hydrogen (secondary N) is 1. The van der Waals surface area contributed by atoms with Crippen molar-refractivity contribution in [2.24, 2.45) is 0 Å². The summed E-state index contributed by atoms with van der Waals surface area (Å²) in [4.78, 5) is 0. The molecule has 0 aromatic carbocycles. The Kier molecular flexibility index (Phi) is 6.20. The first-order valence-corrected chi connectivity index (χ1v) is 6.24. The van der Waals surface area contributed by atoms with Crippen molar-refractivity contribution in [3.63, 3.8) is 0 Å². The van der Waals surface area contributed by atoms with Crippen LogP contribution in [0.3, 0.4) is 0 Å². The molecule has 0 aliphatic carbocycles. The predicted octanol–water partition coefficient (Wildman–Crippen LogP) is 2.46. The number of unbranched alkanes of at least 4 members (excludes halogenated alkanes) is 2. The Hall–Kier alpha value is -0.0800. The van der Waals surface area contributed by atoms with Crippen LogP contribution in [-0.4, -0.2) is 23.8 Å². The average molecular weight is 199 g/mol. The molecule has 14 heavy (non-hydrogen) atoms. The molecule has 2 atom stereocenters. The van der Waals surface area contributed by atoms with Crippen LogP contribution in [0.2, 0.25) is 0 Å². The van der Waals surface area contributed by atoms with Crippen molar-refractivity contribution in [2.45, 2.75) is 70.4 Å². The molecule has 1 rings (SSSR count). The van der Waals surface area contributed by atoms with E-state index in [0.29, 0.717) is 6.04 Å². The van der Waals surface area contributed by atoms with Gasteiger partial charge in [-0.3, -0.25) is 0 Å². The van der Waals surface area contributed by atoms with Gasteiger partial charge in [0.05, 0.1) is 6.10 Å². The zero-order chi connectivity index (χ0) is 10.2. The SMILES string of the molecule is CCCCCC(O)CC1CCCCN1. The van der Waals surface area contributed by atoms with Crippen LogP contribution in [0.15, 0.2) is 0 Å². The average Bonchev–Trinajstić information content (AvgIpc) is 2.20. The molecule has 1 saturated heterocycles. The molecule has 2 unspecified atom stereocenters. The van der Waals surface area contributed by atoms with E-state index in [9.17, 15) is 5.11 Å². The molecular formula is C12H25NO. The van der Waals surface area contributed by atoms with Crippen LogP contribution in [0.4, 0.5) is 0 Å². The highest BCUT2D eigenvalue weighted by molar-refractivity contribution is 4.75. The van der Waals surface area contributed by atoms with E-state index in [-0.39, 0.29) is 6.10 Å². The maximum absolute atomic E-state index is 9.79. The molecule has 1 aliphatic rings. The first-order chi connectivity index (χ1) is 6.83. The van der Waals surface area contributed by atoms with Crippen molar-refractivity contribution in [3.8, 4) is 0 Å². The van der Waals surface area contributed by atoms with E-state index in [1.54, 1.807) is 0 Å². The van der Waals surface area contributed by atoms with E-state index < -0.39 is 0 Å². The summed E-state index contributed by atoms with van der Waals surface area (Å²) in [6.45, 7) is 3.35. The maximum atomic E-state index is 9.79. The Morgan fingerprint density at radius 2 is 2.21 bits per heavy atom. The second-order valence-corrected chi connectivity index (χ2v) is 4.53. The van der Waals surface area contributed by atoms with E-state index in [2.05, 4.69) is 12.2 Å². The highest BCUT2D eigenvalue weighted by Crippen LogP contribution is 2.15. The zero-order valence-corrected chi connectivity index (χ0v) is 9.47. The molecule has 84 valence electrons. The summed E-state index contributed by atoms with van der Waals surface area (Å²) < 4.78 is 0. The van der Waals surface area contributed by atoms with Crippen molar-refractivity contribution in [3.05, 3.63) is 0 Å². The fourth-order valence-electron chi connectivity index (χ4n) is 2.20. The van der Waals surface area contributed by atoms with Crippen LogP contribution < -0.4 is 5.32 Å². The monoisotopic (exact) mass is 199 g/mol. The van der Waals surface area contributed by atoms with Crippen molar-refractivity contribution in [1.82, 2.24) is 5.32 Å². The molecule has 0 saturated carbocycles. The summed E-state index contributed by atoms with van der Waals surface area (Å²) in [5, 5.41) is 13.3.